The number of benzene rings is 1. The first-order valence-electron chi connectivity index (χ1n) is 5.60. The van der Waals surface area contributed by atoms with Crippen LogP contribution in [-0.4, -0.2) is 41.6 Å². The minimum Gasteiger partial charge on any atom is -0.347 e. The van der Waals surface area contributed by atoms with Crippen molar-refractivity contribution in [2.24, 2.45) is 0 Å². The number of rotatable bonds is 4. The summed E-state index contributed by atoms with van der Waals surface area (Å²) in [6, 6.07) is 5.88. The molecule has 0 aliphatic carbocycles. The number of carbonyl (C=O) groups is 1. The lowest BCUT2D eigenvalue weighted by molar-refractivity contribution is -0.126. The Kier molecular flexibility index (Phi) is 3.74. The summed E-state index contributed by atoms with van der Waals surface area (Å²) < 4.78 is 17.7. The second-order valence-corrected chi connectivity index (χ2v) is 4.07. The lowest BCUT2D eigenvalue weighted by atomic mass is 10.2. The van der Waals surface area contributed by atoms with Crippen LogP contribution >= 0.6 is 0 Å². The highest BCUT2D eigenvalue weighted by Gasteiger charge is 2.10. The predicted octanol–water partition coefficient (Wildman–Crippen LogP) is 1.38. The molecule has 0 aliphatic heterocycles. The molecule has 0 spiro atoms. The van der Waals surface area contributed by atoms with Crippen LogP contribution in [0.4, 0.5) is 10.4 Å². The van der Waals surface area contributed by atoms with E-state index in [9.17, 15) is 9.18 Å². The van der Waals surface area contributed by atoms with E-state index in [2.05, 4.69) is 15.5 Å². The number of halogens is 1. The van der Waals surface area contributed by atoms with Crippen molar-refractivity contribution >= 4 is 11.9 Å². The lowest BCUT2D eigenvalue weighted by Crippen LogP contribution is -2.28. The van der Waals surface area contributed by atoms with Gasteiger partial charge in [0.1, 0.15) is 5.82 Å². The van der Waals surface area contributed by atoms with E-state index in [0.717, 1.165) is 0 Å². The third kappa shape index (κ3) is 3.27. The molecule has 2 aromatic rings. The zero-order valence-electron chi connectivity index (χ0n) is 10.6. The summed E-state index contributed by atoms with van der Waals surface area (Å²) in [5.74, 6) is -0.108. The van der Waals surface area contributed by atoms with E-state index in [4.69, 9.17) is 4.52 Å². The molecule has 0 bridgehead atoms. The van der Waals surface area contributed by atoms with Crippen LogP contribution < -0.4 is 5.32 Å². The number of nitrogens with one attached hydrogen (secondary N) is 1. The number of amides is 1. The van der Waals surface area contributed by atoms with Crippen LogP contribution in [0.3, 0.4) is 0 Å². The Labute approximate surface area is 109 Å². The highest BCUT2D eigenvalue weighted by molar-refractivity contribution is 5.79. The zero-order valence-corrected chi connectivity index (χ0v) is 10.6. The van der Waals surface area contributed by atoms with Crippen molar-refractivity contribution < 1.29 is 13.7 Å². The molecule has 1 heterocycles. The summed E-state index contributed by atoms with van der Waals surface area (Å²) in [4.78, 5) is 16.9. The van der Waals surface area contributed by atoms with Gasteiger partial charge in [-0.15, -0.1) is 0 Å². The number of likely N-dealkylation sites (N-methyl/N-ethyl adjacent to an activating group) is 1. The Balaban J connectivity index is 2.03. The van der Waals surface area contributed by atoms with Crippen molar-refractivity contribution in [3.8, 4) is 11.4 Å². The molecular weight excluding hydrogens is 251 g/mol. The second kappa shape index (κ2) is 5.47. The average molecular weight is 264 g/mol. The maximum absolute atomic E-state index is 12.8. The van der Waals surface area contributed by atoms with Gasteiger partial charge in [-0.3, -0.25) is 4.79 Å². The minimum absolute atomic E-state index is 0.0675. The van der Waals surface area contributed by atoms with Gasteiger partial charge >= 0.3 is 6.01 Å². The van der Waals surface area contributed by atoms with Gasteiger partial charge in [-0.1, -0.05) is 5.16 Å². The quantitative estimate of drug-likeness (QED) is 0.903. The predicted molar refractivity (Wildman–Crippen MR) is 66.9 cm³/mol. The molecule has 1 amide bonds. The molecule has 0 saturated heterocycles. The van der Waals surface area contributed by atoms with Crippen LogP contribution in [0.15, 0.2) is 28.8 Å². The summed E-state index contributed by atoms with van der Waals surface area (Å²) in [5.41, 5.74) is 0.636. The van der Waals surface area contributed by atoms with E-state index in [1.165, 1.54) is 17.0 Å². The molecule has 100 valence electrons. The molecule has 2 rings (SSSR count). The highest BCUT2D eigenvalue weighted by atomic mass is 19.1. The molecule has 0 aliphatic rings. The van der Waals surface area contributed by atoms with Gasteiger partial charge in [0.15, 0.2) is 0 Å². The monoisotopic (exact) mass is 264 g/mol. The third-order valence-corrected chi connectivity index (χ3v) is 2.42. The van der Waals surface area contributed by atoms with E-state index in [-0.39, 0.29) is 24.3 Å². The third-order valence-electron chi connectivity index (χ3n) is 2.42. The number of hydrogen-bond acceptors (Lipinski definition) is 5. The van der Waals surface area contributed by atoms with Crippen LogP contribution in [-0.2, 0) is 4.79 Å². The van der Waals surface area contributed by atoms with Crippen molar-refractivity contribution in [1.82, 2.24) is 15.0 Å². The van der Waals surface area contributed by atoms with Gasteiger partial charge < -0.3 is 14.7 Å². The van der Waals surface area contributed by atoms with Crippen LogP contribution in [0.25, 0.3) is 11.4 Å². The number of aromatic nitrogens is 2. The van der Waals surface area contributed by atoms with E-state index >= 15 is 0 Å². The van der Waals surface area contributed by atoms with Gasteiger partial charge in [0, 0.05) is 19.7 Å². The van der Waals surface area contributed by atoms with Gasteiger partial charge in [0.2, 0.25) is 11.7 Å². The molecule has 1 N–H and O–H groups in total. The molecule has 0 saturated carbocycles. The molecule has 0 unspecified atom stereocenters. The Bertz CT molecular complexity index is 565. The van der Waals surface area contributed by atoms with Gasteiger partial charge in [-0.05, 0) is 24.3 Å². The Hall–Kier alpha value is -2.44. The zero-order chi connectivity index (χ0) is 13.8. The van der Waals surface area contributed by atoms with E-state index < -0.39 is 0 Å². The fraction of sp³-hybridized carbons (Fsp3) is 0.250. The number of hydrogen-bond donors (Lipinski definition) is 1. The van der Waals surface area contributed by atoms with Gasteiger partial charge in [-0.2, -0.15) is 4.98 Å². The van der Waals surface area contributed by atoms with Crippen LogP contribution in [0.1, 0.15) is 0 Å². The number of carbonyl (C=O) groups excluding carboxylic acids is 1. The van der Waals surface area contributed by atoms with Gasteiger partial charge in [0.05, 0.1) is 6.54 Å². The maximum atomic E-state index is 12.8. The summed E-state index contributed by atoms with van der Waals surface area (Å²) in [5, 5.41) is 6.46. The lowest BCUT2D eigenvalue weighted by Gasteiger charge is -2.08. The normalized spacial score (nSPS) is 10.3. The summed E-state index contributed by atoms with van der Waals surface area (Å²) in [6.45, 7) is 0.0675. The van der Waals surface area contributed by atoms with E-state index in [1.807, 2.05) is 0 Å². The number of anilines is 1. The van der Waals surface area contributed by atoms with E-state index in [1.54, 1.807) is 26.2 Å². The minimum atomic E-state index is -0.331. The van der Waals surface area contributed by atoms with Crippen molar-refractivity contribution in [2.75, 3.05) is 26.0 Å². The molecule has 1 aromatic heterocycles. The Morgan fingerprint density at radius 3 is 2.68 bits per heavy atom. The summed E-state index contributed by atoms with van der Waals surface area (Å²) >= 11 is 0. The standard InChI is InChI=1S/C12H13FN4O2/c1-17(2)10(18)7-14-12-15-11(16-19-12)8-3-5-9(13)6-4-8/h3-6H,7H2,1-2H3,(H,14,15,16). The van der Waals surface area contributed by atoms with E-state index in [0.29, 0.717) is 11.4 Å². The van der Waals surface area contributed by atoms with Gasteiger partial charge in [-0.25, -0.2) is 4.39 Å². The molecule has 1 aromatic carbocycles. The first-order valence-corrected chi connectivity index (χ1v) is 5.60. The first kappa shape index (κ1) is 13.0. The summed E-state index contributed by atoms with van der Waals surface area (Å²) in [6.07, 6.45) is 0. The van der Waals surface area contributed by atoms with Crippen LogP contribution in [0.2, 0.25) is 0 Å². The van der Waals surface area contributed by atoms with Crippen molar-refractivity contribution in [3.63, 3.8) is 0 Å². The number of nitrogens with zero attached hydrogens (tertiary/aromatic N) is 3. The Morgan fingerprint density at radius 1 is 1.37 bits per heavy atom. The van der Waals surface area contributed by atoms with Crippen molar-refractivity contribution in [3.05, 3.63) is 30.1 Å². The fourth-order valence-corrected chi connectivity index (χ4v) is 1.32. The highest BCUT2D eigenvalue weighted by Crippen LogP contribution is 2.17. The van der Waals surface area contributed by atoms with Crippen molar-refractivity contribution in [2.45, 2.75) is 0 Å². The topological polar surface area (TPSA) is 71.3 Å². The SMILES string of the molecule is CN(C)C(=O)CNc1nc(-c2ccc(F)cc2)no1. The molecule has 0 radical (unpaired) electrons. The fourth-order valence-electron chi connectivity index (χ4n) is 1.32. The average Bonchev–Trinajstić information content (AvgIpc) is 2.85. The molecular formula is C12H13FN4O2. The maximum Gasteiger partial charge on any atom is 0.322 e. The van der Waals surface area contributed by atoms with Crippen molar-refractivity contribution in [1.29, 1.82) is 0 Å². The van der Waals surface area contributed by atoms with Crippen LogP contribution in [0, 0.1) is 5.82 Å². The molecule has 0 fully saturated rings. The summed E-state index contributed by atoms with van der Waals surface area (Å²) in [7, 11) is 3.31. The second-order valence-electron chi connectivity index (χ2n) is 4.07. The smallest absolute Gasteiger partial charge is 0.322 e. The molecule has 0 atom stereocenters. The molecule has 19 heavy (non-hydrogen) atoms. The Morgan fingerprint density at radius 2 is 2.05 bits per heavy atom. The molecule has 6 nitrogen and oxygen atoms in total. The largest absolute Gasteiger partial charge is 0.347 e. The molecule has 7 heteroatoms. The van der Waals surface area contributed by atoms with Gasteiger partial charge in [0.25, 0.3) is 0 Å². The van der Waals surface area contributed by atoms with Crippen LogP contribution in [0.5, 0.6) is 0 Å². The first-order chi connectivity index (χ1) is 9.06.